The maximum absolute atomic E-state index is 12.1. The molecule has 2 rings (SSSR count). The maximum atomic E-state index is 12.1. The van der Waals surface area contributed by atoms with Crippen LogP contribution in [0.5, 0.6) is 0 Å². The Morgan fingerprint density at radius 3 is 2.63 bits per heavy atom. The molecular weight excluding hydrogens is 256 g/mol. The van der Waals surface area contributed by atoms with Crippen LogP contribution < -0.4 is 5.32 Å². The zero-order chi connectivity index (χ0) is 13.6. The molecular formula is C15H18N2OS. The number of hydrogen-bond donors (Lipinski definition) is 1. The van der Waals surface area contributed by atoms with Crippen molar-refractivity contribution < 1.29 is 4.79 Å². The lowest BCUT2D eigenvalue weighted by Gasteiger charge is -2.19. The van der Waals surface area contributed by atoms with Crippen molar-refractivity contribution in [3.05, 3.63) is 30.3 Å². The molecule has 0 radical (unpaired) electrons. The first-order valence-electron chi connectivity index (χ1n) is 6.64. The fourth-order valence-electron chi connectivity index (χ4n) is 2.39. The van der Waals surface area contributed by atoms with Crippen molar-refractivity contribution in [2.75, 3.05) is 12.3 Å². The molecule has 1 saturated carbocycles. The summed E-state index contributed by atoms with van der Waals surface area (Å²) in [6.45, 7) is 0.613. The second-order valence-electron chi connectivity index (χ2n) is 4.82. The predicted octanol–water partition coefficient (Wildman–Crippen LogP) is 2.98. The van der Waals surface area contributed by atoms with E-state index in [9.17, 15) is 10.1 Å². The molecule has 4 heteroatoms. The van der Waals surface area contributed by atoms with Crippen molar-refractivity contribution in [3.8, 4) is 6.07 Å². The summed E-state index contributed by atoms with van der Waals surface area (Å²) in [7, 11) is 0. The Morgan fingerprint density at radius 2 is 2.00 bits per heavy atom. The Balaban J connectivity index is 1.74. The van der Waals surface area contributed by atoms with Crippen LogP contribution in [-0.4, -0.2) is 18.2 Å². The van der Waals surface area contributed by atoms with E-state index in [1.165, 1.54) is 4.90 Å². The summed E-state index contributed by atoms with van der Waals surface area (Å²) in [4.78, 5) is 13.3. The van der Waals surface area contributed by atoms with Gasteiger partial charge in [-0.05, 0) is 25.0 Å². The Labute approximate surface area is 118 Å². The number of thioether (sulfide) groups is 1. The van der Waals surface area contributed by atoms with Gasteiger partial charge in [-0.1, -0.05) is 31.0 Å². The maximum Gasteiger partial charge on any atom is 0.240 e. The summed E-state index contributed by atoms with van der Waals surface area (Å²) in [6.07, 6.45) is 3.39. The molecule has 3 nitrogen and oxygen atoms in total. The monoisotopic (exact) mass is 274 g/mol. The van der Waals surface area contributed by atoms with Gasteiger partial charge in [0.25, 0.3) is 0 Å². The molecule has 1 aromatic carbocycles. The van der Waals surface area contributed by atoms with Crippen molar-refractivity contribution in [3.63, 3.8) is 0 Å². The van der Waals surface area contributed by atoms with E-state index in [-0.39, 0.29) is 5.91 Å². The van der Waals surface area contributed by atoms with Gasteiger partial charge in [0, 0.05) is 17.2 Å². The van der Waals surface area contributed by atoms with Crippen molar-refractivity contribution in [1.29, 1.82) is 5.26 Å². The SMILES string of the molecule is N#CC1(C(=O)NCCSc2ccccc2)CCCC1. The molecule has 1 aliphatic rings. The molecule has 0 aromatic heterocycles. The number of nitrogens with one attached hydrogen (secondary N) is 1. The van der Waals surface area contributed by atoms with E-state index in [1.807, 2.05) is 18.2 Å². The van der Waals surface area contributed by atoms with Crippen molar-refractivity contribution in [2.24, 2.45) is 5.41 Å². The molecule has 1 aromatic rings. The van der Waals surface area contributed by atoms with E-state index in [2.05, 4.69) is 23.5 Å². The highest BCUT2D eigenvalue weighted by atomic mass is 32.2. The molecule has 0 unspecified atom stereocenters. The van der Waals surface area contributed by atoms with Gasteiger partial charge in [-0.3, -0.25) is 4.79 Å². The van der Waals surface area contributed by atoms with Gasteiger partial charge >= 0.3 is 0 Å². The minimum absolute atomic E-state index is 0.0823. The molecule has 0 spiro atoms. The van der Waals surface area contributed by atoms with Crippen molar-refractivity contribution >= 4 is 17.7 Å². The number of amides is 1. The van der Waals surface area contributed by atoms with Gasteiger partial charge in [-0.2, -0.15) is 5.26 Å². The third-order valence-electron chi connectivity index (χ3n) is 3.51. The summed E-state index contributed by atoms with van der Waals surface area (Å²) in [5.74, 6) is 0.748. The van der Waals surface area contributed by atoms with Gasteiger partial charge in [-0.25, -0.2) is 0 Å². The van der Waals surface area contributed by atoms with Crippen LogP contribution in [0.3, 0.4) is 0 Å². The van der Waals surface area contributed by atoms with Crippen LogP contribution >= 0.6 is 11.8 Å². The van der Waals surface area contributed by atoms with Crippen molar-refractivity contribution in [2.45, 2.75) is 30.6 Å². The van der Waals surface area contributed by atoms with Crippen LogP contribution in [0.15, 0.2) is 35.2 Å². The average Bonchev–Trinajstić information content (AvgIpc) is 2.94. The lowest BCUT2D eigenvalue weighted by molar-refractivity contribution is -0.127. The number of nitriles is 1. The highest BCUT2D eigenvalue weighted by molar-refractivity contribution is 7.99. The zero-order valence-corrected chi connectivity index (χ0v) is 11.7. The molecule has 0 heterocycles. The summed E-state index contributed by atoms with van der Waals surface area (Å²) in [5.41, 5.74) is -0.753. The van der Waals surface area contributed by atoms with Gasteiger partial charge in [0.2, 0.25) is 5.91 Å². The molecule has 19 heavy (non-hydrogen) atoms. The molecule has 0 atom stereocenters. The lowest BCUT2D eigenvalue weighted by atomic mass is 9.87. The molecule has 1 fully saturated rings. The quantitative estimate of drug-likeness (QED) is 0.663. The fraction of sp³-hybridized carbons (Fsp3) is 0.467. The number of rotatable bonds is 5. The van der Waals surface area contributed by atoms with Crippen LogP contribution in [0.4, 0.5) is 0 Å². The Bertz CT molecular complexity index is 461. The smallest absolute Gasteiger partial charge is 0.240 e. The summed E-state index contributed by atoms with van der Waals surface area (Å²) >= 11 is 1.71. The van der Waals surface area contributed by atoms with Gasteiger partial charge in [0.1, 0.15) is 5.41 Å². The average molecular weight is 274 g/mol. The number of benzene rings is 1. The Kier molecular flexibility index (Phi) is 4.86. The van der Waals surface area contributed by atoms with Crippen LogP contribution in [0, 0.1) is 16.7 Å². The van der Waals surface area contributed by atoms with Gasteiger partial charge in [-0.15, -0.1) is 11.8 Å². The van der Waals surface area contributed by atoms with Crippen LogP contribution in [0.25, 0.3) is 0 Å². The molecule has 1 amide bonds. The summed E-state index contributed by atoms with van der Waals surface area (Å²) < 4.78 is 0. The summed E-state index contributed by atoms with van der Waals surface area (Å²) in [5, 5.41) is 12.1. The third-order valence-corrected chi connectivity index (χ3v) is 4.52. The zero-order valence-electron chi connectivity index (χ0n) is 10.9. The standard InChI is InChI=1S/C15H18N2OS/c16-12-15(8-4-5-9-15)14(18)17-10-11-19-13-6-2-1-3-7-13/h1-3,6-7H,4-5,8-11H2,(H,17,18). The predicted molar refractivity (Wildman–Crippen MR) is 76.7 cm³/mol. The minimum Gasteiger partial charge on any atom is -0.354 e. The molecule has 0 bridgehead atoms. The van der Waals surface area contributed by atoms with E-state index < -0.39 is 5.41 Å². The third kappa shape index (κ3) is 3.51. The number of carbonyl (C=O) groups excluding carboxylic acids is 1. The van der Waals surface area contributed by atoms with E-state index in [0.29, 0.717) is 19.4 Å². The van der Waals surface area contributed by atoms with Gasteiger partial charge in [0.05, 0.1) is 6.07 Å². The number of nitrogens with zero attached hydrogens (tertiary/aromatic N) is 1. The molecule has 1 N–H and O–H groups in total. The fourth-order valence-corrected chi connectivity index (χ4v) is 3.18. The normalized spacial score (nSPS) is 16.8. The van der Waals surface area contributed by atoms with Crippen molar-refractivity contribution in [1.82, 2.24) is 5.32 Å². The van der Waals surface area contributed by atoms with E-state index in [0.717, 1.165) is 18.6 Å². The first-order chi connectivity index (χ1) is 9.27. The first kappa shape index (κ1) is 14.0. The van der Waals surface area contributed by atoms with E-state index >= 15 is 0 Å². The van der Waals surface area contributed by atoms with Gasteiger partial charge < -0.3 is 5.32 Å². The molecule has 0 saturated heterocycles. The van der Waals surface area contributed by atoms with Crippen LogP contribution in [0.2, 0.25) is 0 Å². The molecule has 1 aliphatic carbocycles. The Hall–Kier alpha value is -1.47. The second kappa shape index (κ2) is 6.63. The van der Waals surface area contributed by atoms with E-state index in [1.54, 1.807) is 11.8 Å². The lowest BCUT2D eigenvalue weighted by Crippen LogP contribution is -2.39. The first-order valence-corrected chi connectivity index (χ1v) is 7.63. The number of hydrogen-bond acceptors (Lipinski definition) is 3. The minimum atomic E-state index is -0.753. The Morgan fingerprint density at radius 1 is 1.32 bits per heavy atom. The highest BCUT2D eigenvalue weighted by Crippen LogP contribution is 2.37. The van der Waals surface area contributed by atoms with E-state index in [4.69, 9.17) is 0 Å². The second-order valence-corrected chi connectivity index (χ2v) is 5.99. The topological polar surface area (TPSA) is 52.9 Å². The molecule has 100 valence electrons. The largest absolute Gasteiger partial charge is 0.354 e. The van der Waals surface area contributed by atoms with Gasteiger partial charge in [0.15, 0.2) is 0 Å². The molecule has 0 aliphatic heterocycles. The number of carbonyl (C=O) groups is 1. The van der Waals surface area contributed by atoms with Crippen LogP contribution in [0.1, 0.15) is 25.7 Å². The highest BCUT2D eigenvalue weighted by Gasteiger charge is 2.41. The summed E-state index contributed by atoms with van der Waals surface area (Å²) in [6, 6.07) is 12.3. The van der Waals surface area contributed by atoms with Crippen LogP contribution in [-0.2, 0) is 4.79 Å².